The number of halogens is 3. The molecular formula is C26H26F3N3O4S. The van der Waals surface area contributed by atoms with E-state index < -0.39 is 11.9 Å². The van der Waals surface area contributed by atoms with Crippen LogP contribution in [0.3, 0.4) is 0 Å². The van der Waals surface area contributed by atoms with Crippen LogP contribution in [-0.2, 0) is 19.3 Å². The Hall–Kier alpha value is -3.31. The van der Waals surface area contributed by atoms with Crippen LogP contribution in [0.4, 0.5) is 13.2 Å². The number of carbonyl (C=O) groups is 1. The third-order valence-electron chi connectivity index (χ3n) is 6.05. The highest BCUT2D eigenvalue weighted by molar-refractivity contribution is 7.98. The lowest BCUT2D eigenvalue weighted by atomic mass is 10.1. The van der Waals surface area contributed by atoms with Crippen molar-refractivity contribution in [2.24, 2.45) is 0 Å². The van der Waals surface area contributed by atoms with Gasteiger partial charge in [-0.25, -0.2) is 4.98 Å². The van der Waals surface area contributed by atoms with Crippen molar-refractivity contribution in [1.29, 1.82) is 0 Å². The molecule has 11 heteroatoms. The van der Waals surface area contributed by atoms with E-state index in [1.807, 2.05) is 35.4 Å². The summed E-state index contributed by atoms with van der Waals surface area (Å²) in [6.45, 7) is 3.85. The Morgan fingerprint density at radius 3 is 2.41 bits per heavy atom. The maximum Gasteiger partial charge on any atom is 0.433 e. The molecule has 7 nitrogen and oxygen atoms in total. The van der Waals surface area contributed by atoms with Crippen molar-refractivity contribution < 1.29 is 27.1 Å². The van der Waals surface area contributed by atoms with Gasteiger partial charge in [-0.05, 0) is 43.0 Å². The van der Waals surface area contributed by atoms with E-state index in [0.29, 0.717) is 38.5 Å². The first-order chi connectivity index (χ1) is 17.6. The van der Waals surface area contributed by atoms with Gasteiger partial charge < -0.3 is 14.1 Å². The standard InChI is InChI=1S/C26H26F3N3O4S/c1-17-21(7-8-24(30-17)26(27,28)29)25(34)32-11-9-31(10-12-32)14-19-13-22(33)23(16-35-19)36-15-18-3-5-20(37-2)6-4-18/h3-8,13,16H,9-12,14-15H2,1-2H3. The van der Waals surface area contributed by atoms with Crippen molar-refractivity contribution in [3.05, 3.63) is 87.2 Å². The highest BCUT2D eigenvalue weighted by atomic mass is 32.2. The molecule has 0 radical (unpaired) electrons. The second-order valence-corrected chi connectivity index (χ2v) is 9.49. The fourth-order valence-electron chi connectivity index (χ4n) is 3.95. The quantitative estimate of drug-likeness (QED) is 0.410. The topological polar surface area (TPSA) is 75.9 Å². The van der Waals surface area contributed by atoms with Gasteiger partial charge in [0.2, 0.25) is 11.2 Å². The SMILES string of the molecule is CSc1ccc(COc2coc(CN3CCN(C(=O)c4ccc(C(F)(F)F)nc4C)CC3)cc2=O)cc1. The van der Waals surface area contributed by atoms with E-state index in [1.54, 1.807) is 16.7 Å². The number of aryl methyl sites for hydroxylation is 1. The average molecular weight is 534 g/mol. The number of carbonyl (C=O) groups excluding carboxylic acids is 1. The molecule has 0 unspecified atom stereocenters. The Morgan fingerprint density at radius 2 is 1.81 bits per heavy atom. The van der Waals surface area contributed by atoms with Crippen molar-refractivity contribution in [3.8, 4) is 5.75 Å². The minimum Gasteiger partial charge on any atom is -0.482 e. The van der Waals surface area contributed by atoms with Gasteiger partial charge in [-0.15, -0.1) is 11.8 Å². The van der Waals surface area contributed by atoms with Gasteiger partial charge in [-0.1, -0.05) is 12.1 Å². The summed E-state index contributed by atoms with van der Waals surface area (Å²) in [5.41, 5.74) is -0.155. The van der Waals surface area contributed by atoms with E-state index in [4.69, 9.17) is 9.15 Å². The molecule has 1 aliphatic rings. The van der Waals surface area contributed by atoms with Crippen LogP contribution in [0.1, 0.15) is 33.1 Å². The first-order valence-corrected chi connectivity index (χ1v) is 12.8. The first kappa shape index (κ1) is 26.7. The van der Waals surface area contributed by atoms with Crippen LogP contribution in [0, 0.1) is 6.92 Å². The number of alkyl halides is 3. The second kappa shape index (κ2) is 11.4. The van der Waals surface area contributed by atoms with Crippen molar-refractivity contribution >= 4 is 17.7 Å². The molecule has 0 N–H and O–H groups in total. The van der Waals surface area contributed by atoms with Crippen LogP contribution >= 0.6 is 11.8 Å². The number of hydrogen-bond acceptors (Lipinski definition) is 7. The zero-order valence-electron chi connectivity index (χ0n) is 20.4. The summed E-state index contributed by atoms with van der Waals surface area (Å²) < 4.78 is 49.8. The molecule has 1 amide bonds. The van der Waals surface area contributed by atoms with E-state index in [-0.39, 0.29) is 34.9 Å². The number of hydrogen-bond donors (Lipinski definition) is 0. The second-order valence-electron chi connectivity index (χ2n) is 8.61. The Balaban J connectivity index is 1.29. The monoisotopic (exact) mass is 533 g/mol. The zero-order chi connectivity index (χ0) is 26.6. The summed E-state index contributed by atoms with van der Waals surface area (Å²) >= 11 is 1.65. The molecule has 0 saturated carbocycles. The third kappa shape index (κ3) is 6.72. The largest absolute Gasteiger partial charge is 0.482 e. The Morgan fingerprint density at radius 1 is 1.11 bits per heavy atom. The van der Waals surface area contributed by atoms with Gasteiger partial charge >= 0.3 is 6.18 Å². The van der Waals surface area contributed by atoms with E-state index >= 15 is 0 Å². The fraction of sp³-hybridized carbons (Fsp3) is 0.346. The summed E-state index contributed by atoms with van der Waals surface area (Å²) in [5, 5.41) is 0. The molecule has 1 saturated heterocycles. The summed E-state index contributed by atoms with van der Waals surface area (Å²) in [6.07, 6.45) is -1.25. The number of amides is 1. The molecule has 0 bridgehead atoms. The van der Waals surface area contributed by atoms with Crippen molar-refractivity contribution in [3.63, 3.8) is 0 Å². The highest BCUT2D eigenvalue weighted by Crippen LogP contribution is 2.28. The molecule has 1 aromatic carbocycles. The molecular weight excluding hydrogens is 507 g/mol. The predicted octanol–water partition coefficient (Wildman–Crippen LogP) is 4.62. The molecule has 3 aromatic rings. The maximum absolute atomic E-state index is 12.9. The highest BCUT2D eigenvalue weighted by Gasteiger charge is 2.33. The smallest absolute Gasteiger partial charge is 0.433 e. The number of aromatic nitrogens is 1. The van der Waals surface area contributed by atoms with Gasteiger partial charge in [0.15, 0.2) is 0 Å². The van der Waals surface area contributed by atoms with Crippen LogP contribution in [0.2, 0.25) is 0 Å². The zero-order valence-corrected chi connectivity index (χ0v) is 21.2. The number of pyridine rings is 1. The molecule has 3 heterocycles. The fourth-order valence-corrected chi connectivity index (χ4v) is 4.36. The molecule has 0 atom stereocenters. The summed E-state index contributed by atoms with van der Waals surface area (Å²) in [5.74, 6) is 0.257. The molecule has 4 rings (SSSR count). The Labute approximate surface area is 216 Å². The molecule has 1 fully saturated rings. The van der Waals surface area contributed by atoms with Crippen molar-refractivity contribution in [2.45, 2.75) is 31.1 Å². The van der Waals surface area contributed by atoms with E-state index in [1.165, 1.54) is 25.3 Å². The van der Waals surface area contributed by atoms with Crippen LogP contribution in [0.25, 0.3) is 0 Å². The average Bonchev–Trinajstić information content (AvgIpc) is 2.88. The lowest BCUT2D eigenvalue weighted by molar-refractivity contribution is -0.141. The Bertz CT molecular complexity index is 1300. The van der Waals surface area contributed by atoms with E-state index in [2.05, 4.69) is 4.98 Å². The van der Waals surface area contributed by atoms with Gasteiger partial charge in [0.05, 0.1) is 17.8 Å². The van der Waals surface area contributed by atoms with E-state index in [9.17, 15) is 22.8 Å². The molecule has 37 heavy (non-hydrogen) atoms. The summed E-state index contributed by atoms with van der Waals surface area (Å²) in [7, 11) is 0. The summed E-state index contributed by atoms with van der Waals surface area (Å²) in [6, 6.07) is 11.3. The molecule has 1 aliphatic heterocycles. The number of rotatable bonds is 7. The van der Waals surface area contributed by atoms with Gasteiger partial charge in [-0.2, -0.15) is 13.2 Å². The van der Waals surface area contributed by atoms with E-state index in [0.717, 1.165) is 16.5 Å². The van der Waals surface area contributed by atoms with Crippen LogP contribution in [0.5, 0.6) is 5.75 Å². The van der Waals surface area contributed by atoms with Gasteiger partial charge in [0.1, 0.15) is 24.3 Å². The molecule has 2 aromatic heterocycles. The van der Waals surface area contributed by atoms with Crippen molar-refractivity contribution in [2.75, 3.05) is 32.4 Å². The minimum atomic E-state index is -4.56. The lowest BCUT2D eigenvalue weighted by Crippen LogP contribution is -2.48. The summed E-state index contributed by atoms with van der Waals surface area (Å²) in [4.78, 5) is 33.6. The Kier molecular flexibility index (Phi) is 8.23. The lowest BCUT2D eigenvalue weighted by Gasteiger charge is -2.34. The number of benzene rings is 1. The number of nitrogens with zero attached hydrogens (tertiary/aromatic N) is 3. The number of thioether (sulfide) groups is 1. The maximum atomic E-state index is 12.9. The normalized spacial score (nSPS) is 14.6. The molecule has 0 spiro atoms. The molecule has 0 aliphatic carbocycles. The van der Waals surface area contributed by atoms with Gasteiger partial charge in [0.25, 0.3) is 5.91 Å². The number of piperazine rings is 1. The first-order valence-electron chi connectivity index (χ1n) is 11.6. The predicted molar refractivity (Wildman–Crippen MR) is 133 cm³/mol. The number of ether oxygens (including phenoxy) is 1. The van der Waals surface area contributed by atoms with Gasteiger partial charge in [-0.3, -0.25) is 14.5 Å². The molecule has 196 valence electrons. The van der Waals surface area contributed by atoms with Crippen LogP contribution in [-0.4, -0.2) is 53.1 Å². The third-order valence-corrected chi connectivity index (χ3v) is 6.79. The van der Waals surface area contributed by atoms with Crippen LogP contribution < -0.4 is 10.2 Å². The minimum absolute atomic E-state index is 0.0447. The van der Waals surface area contributed by atoms with Gasteiger partial charge in [0, 0.05) is 37.1 Å². The van der Waals surface area contributed by atoms with Crippen molar-refractivity contribution in [1.82, 2.24) is 14.8 Å². The van der Waals surface area contributed by atoms with Crippen LogP contribution in [0.15, 0.2) is 62.8 Å².